The van der Waals surface area contributed by atoms with Crippen LogP contribution >= 0.6 is 0 Å². The minimum absolute atomic E-state index is 0.0922. The highest BCUT2D eigenvalue weighted by Crippen LogP contribution is 2.15. The number of hydrogen-bond acceptors (Lipinski definition) is 2. The zero-order chi connectivity index (χ0) is 11.4. The summed E-state index contributed by atoms with van der Waals surface area (Å²) in [7, 11) is 1.88. The molecule has 1 rings (SSSR count). The fraction of sp³-hybridized carbons (Fsp3) is 0.455. The average molecular weight is 214 g/mol. The summed E-state index contributed by atoms with van der Waals surface area (Å²) < 4.78 is 26.5. The zero-order valence-electron chi connectivity index (χ0n) is 9.06. The first-order valence-electron chi connectivity index (χ1n) is 4.93. The summed E-state index contributed by atoms with van der Waals surface area (Å²) in [6.07, 6.45) is 0. The second-order valence-electron chi connectivity index (χ2n) is 3.57. The van der Waals surface area contributed by atoms with E-state index in [9.17, 15) is 8.78 Å². The lowest BCUT2D eigenvalue weighted by Crippen LogP contribution is -2.18. The molecule has 84 valence electrons. The van der Waals surface area contributed by atoms with Crippen molar-refractivity contribution in [2.75, 3.05) is 13.6 Å². The zero-order valence-corrected chi connectivity index (χ0v) is 9.06. The third-order valence-electron chi connectivity index (χ3n) is 2.42. The van der Waals surface area contributed by atoms with Crippen LogP contribution in [0.5, 0.6) is 0 Å². The van der Waals surface area contributed by atoms with Gasteiger partial charge in [-0.25, -0.2) is 8.78 Å². The van der Waals surface area contributed by atoms with Crippen LogP contribution in [-0.4, -0.2) is 18.5 Å². The lowest BCUT2D eigenvalue weighted by atomic mass is 10.1. The van der Waals surface area contributed by atoms with E-state index in [2.05, 4.69) is 0 Å². The maximum absolute atomic E-state index is 13.4. The van der Waals surface area contributed by atoms with E-state index in [-0.39, 0.29) is 6.54 Å². The molecule has 0 saturated carbocycles. The predicted molar refractivity (Wildman–Crippen MR) is 56.3 cm³/mol. The summed E-state index contributed by atoms with van der Waals surface area (Å²) >= 11 is 0. The highest BCUT2D eigenvalue weighted by atomic mass is 19.1. The number of nitrogens with two attached hydrogens (primary N) is 1. The summed E-state index contributed by atoms with van der Waals surface area (Å²) in [6, 6.07) is 2.40. The van der Waals surface area contributed by atoms with Crippen LogP contribution in [0, 0.1) is 11.6 Å². The summed E-state index contributed by atoms with van der Waals surface area (Å²) in [4.78, 5) is 1.94. The number of hydrogen-bond donors (Lipinski definition) is 1. The van der Waals surface area contributed by atoms with E-state index in [1.807, 2.05) is 18.9 Å². The van der Waals surface area contributed by atoms with Gasteiger partial charge in [0.25, 0.3) is 0 Å². The number of nitrogens with zero attached hydrogens (tertiary/aromatic N) is 1. The van der Waals surface area contributed by atoms with Crippen LogP contribution in [-0.2, 0) is 13.1 Å². The Balaban J connectivity index is 2.97. The molecule has 0 aliphatic heterocycles. The minimum atomic E-state index is -0.571. The van der Waals surface area contributed by atoms with Gasteiger partial charge in [0.15, 0.2) is 0 Å². The Morgan fingerprint density at radius 2 is 1.80 bits per heavy atom. The van der Waals surface area contributed by atoms with Crippen LogP contribution in [0.4, 0.5) is 8.78 Å². The highest BCUT2D eigenvalue weighted by Gasteiger charge is 2.10. The maximum Gasteiger partial charge on any atom is 0.130 e. The first kappa shape index (κ1) is 12.1. The van der Waals surface area contributed by atoms with Crippen molar-refractivity contribution >= 4 is 0 Å². The van der Waals surface area contributed by atoms with E-state index in [1.54, 1.807) is 0 Å². The van der Waals surface area contributed by atoms with Gasteiger partial charge in [0.1, 0.15) is 11.6 Å². The molecule has 0 atom stereocenters. The molecule has 0 aliphatic carbocycles. The monoisotopic (exact) mass is 214 g/mol. The Morgan fingerprint density at radius 1 is 1.20 bits per heavy atom. The highest BCUT2D eigenvalue weighted by molar-refractivity contribution is 5.26. The SMILES string of the molecule is CCN(C)Cc1cc(CN)c(F)cc1F. The Bertz CT molecular complexity index is 340. The van der Waals surface area contributed by atoms with Crippen molar-refractivity contribution in [3.05, 3.63) is 34.9 Å². The van der Waals surface area contributed by atoms with Crippen molar-refractivity contribution in [1.29, 1.82) is 0 Å². The van der Waals surface area contributed by atoms with Crippen molar-refractivity contribution in [1.82, 2.24) is 4.90 Å². The molecule has 4 heteroatoms. The first-order chi connectivity index (χ1) is 7.08. The first-order valence-corrected chi connectivity index (χ1v) is 4.93. The van der Waals surface area contributed by atoms with Crippen LogP contribution < -0.4 is 5.73 Å². The van der Waals surface area contributed by atoms with Gasteiger partial charge in [-0.15, -0.1) is 0 Å². The molecule has 0 aromatic heterocycles. The largest absolute Gasteiger partial charge is 0.326 e. The molecular weight excluding hydrogens is 198 g/mol. The summed E-state index contributed by atoms with van der Waals surface area (Å²) in [5.41, 5.74) is 6.20. The molecule has 0 unspecified atom stereocenters. The smallest absolute Gasteiger partial charge is 0.130 e. The van der Waals surface area contributed by atoms with Gasteiger partial charge < -0.3 is 10.6 Å². The number of rotatable bonds is 4. The molecule has 0 radical (unpaired) electrons. The molecule has 1 aromatic rings. The fourth-order valence-corrected chi connectivity index (χ4v) is 1.33. The van der Waals surface area contributed by atoms with Crippen molar-refractivity contribution in [3.8, 4) is 0 Å². The van der Waals surface area contributed by atoms with Crippen LogP contribution in [0.3, 0.4) is 0 Å². The summed E-state index contributed by atoms with van der Waals surface area (Å²) in [5, 5.41) is 0. The Hall–Kier alpha value is -1.00. The van der Waals surface area contributed by atoms with Crippen LogP contribution in [0.2, 0.25) is 0 Å². The van der Waals surface area contributed by atoms with Gasteiger partial charge in [-0.3, -0.25) is 0 Å². The van der Waals surface area contributed by atoms with Crippen LogP contribution in [0.1, 0.15) is 18.1 Å². The predicted octanol–water partition coefficient (Wildman–Crippen LogP) is 1.88. The van der Waals surface area contributed by atoms with Crippen LogP contribution in [0.15, 0.2) is 12.1 Å². The van der Waals surface area contributed by atoms with Crippen molar-refractivity contribution in [3.63, 3.8) is 0 Å². The molecule has 0 fully saturated rings. The van der Waals surface area contributed by atoms with Crippen LogP contribution in [0.25, 0.3) is 0 Å². The molecule has 15 heavy (non-hydrogen) atoms. The summed E-state index contributed by atoms with van der Waals surface area (Å²) in [6.45, 7) is 3.35. The molecule has 1 aromatic carbocycles. The van der Waals surface area contributed by atoms with E-state index < -0.39 is 11.6 Å². The van der Waals surface area contributed by atoms with E-state index in [0.29, 0.717) is 17.7 Å². The molecule has 2 N–H and O–H groups in total. The lowest BCUT2D eigenvalue weighted by Gasteiger charge is -2.15. The van der Waals surface area contributed by atoms with E-state index >= 15 is 0 Å². The number of benzene rings is 1. The second-order valence-corrected chi connectivity index (χ2v) is 3.57. The fourth-order valence-electron chi connectivity index (χ4n) is 1.33. The molecule has 2 nitrogen and oxygen atoms in total. The molecular formula is C11H16F2N2. The van der Waals surface area contributed by atoms with Gasteiger partial charge in [0.2, 0.25) is 0 Å². The van der Waals surface area contributed by atoms with Gasteiger partial charge >= 0.3 is 0 Å². The number of halogens is 2. The molecule has 0 amide bonds. The lowest BCUT2D eigenvalue weighted by molar-refractivity contribution is 0.338. The second kappa shape index (κ2) is 5.19. The minimum Gasteiger partial charge on any atom is -0.326 e. The van der Waals surface area contributed by atoms with Crippen molar-refractivity contribution in [2.24, 2.45) is 5.73 Å². The van der Waals surface area contributed by atoms with Gasteiger partial charge in [0.05, 0.1) is 0 Å². The van der Waals surface area contributed by atoms with Gasteiger partial charge in [-0.05, 0) is 19.7 Å². The van der Waals surface area contributed by atoms with E-state index in [4.69, 9.17) is 5.73 Å². The molecule has 0 aliphatic rings. The summed E-state index contributed by atoms with van der Waals surface area (Å²) in [5.74, 6) is -1.08. The quantitative estimate of drug-likeness (QED) is 0.829. The Morgan fingerprint density at radius 3 is 2.33 bits per heavy atom. The average Bonchev–Trinajstić information content (AvgIpc) is 2.21. The van der Waals surface area contributed by atoms with E-state index in [0.717, 1.165) is 12.6 Å². The van der Waals surface area contributed by atoms with Crippen molar-refractivity contribution < 1.29 is 8.78 Å². The van der Waals surface area contributed by atoms with Crippen molar-refractivity contribution in [2.45, 2.75) is 20.0 Å². The van der Waals surface area contributed by atoms with E-state index in [1.165, 1.54) is 6.07 Å². The molecule has 0 saturated heterocycles. The third kappa shape index (κ3) is 2.97. The third-order valence-corrected chi connectivity index (χ3v) is 2.42. The Kier molecular flexibility index (Phi) is 4.17. The molecule has 0 spiro atoms. The molecule has 0 bridgehead atoms. The Labute approximate surface area is 88.7 Å². The topological polar surface area (TPSA) is 29.3 Å². The molecule has 0 heterocycles. The van der Waals surface area contributed by atoms with Gasteiger partial charge in [-0.1, -0.05) is 6.92 Å². The van der Waals surface area contributed by atoms with Gasteiger partial charge in [-0.2, -0.15) is 0 Å². The standard InChI is InChI=1S/C11H16F2N2/c1-3-15(2)7-9-4-8(6-14)10(12)5-11(9)13/h4-5H,3,6-7,14H2,1-2H3. The normalized spacial score (nSPS) is 11.1. The van der Waals surface area contributed by atoms with Gasteiger partial charge in [0, 0.05) is 30.3 Å². The maximum atomic E-state index is 13.4.